The molecule has 0 bridgehead atoms. The molecule has 1 unspecified atom stereocenters. The molecule has 114 valence electrons. The summed E-state index contributed by atoms with van der Waals surface area (Å²) < 4.78 is 0. The van der Waals surface area contributed by atoms with Crippen LogP contribution in [-0.4, -0.2) is 17.6 Å². The van der Waals surface area contributed by atoms with E-state index in [9.17, 15) is 0 Å². The van der Waals surface area contributed by atoms with Crippen LogP contribution in [0.25, 0.3) is 10.9 Å². The predicted octanol–water partition coefficient (Wildman–Crippen LogP) is 4.58. The zero-order valence-electron chi connectivity index (χ0n) is 13.8. The fourth-order valence-corrected chi connectivity index (χ4v) is 2.82. The number of aromatic nitrogens is 1. The number of pyridine rings is 1. The smallest absolute Gasteiger partial charge is 0.0705 e. The van der Waals surface area contributed by atoms with E-state index in [-0.39, 0.29) is 0 Å². The molecule has 0 spiro atoms. The lowest BCUT2D eigenvalue weighted by Crippen LogP contribution is -2.40. The van der Waals surface area contributed by atoms with Crippen molar-refractivity contribution in [2.24, 2.45) is 5.41 Å². The second-order valence-corrected chi connectivity index (χ2v) is 6.86. The molecule has 0 radical (unpaired) electrons. The first-order valence-corrected chi connectivity index (χ1v) is 8.09. The maximum atomic E-state index is 4.76. The Labute approximate surface area is 129 Å². The molecule has 0 saturated carbocycles. The molecule has 0 amide bonds. The van der Waals surface area contributed by atoms with E-state index in [4.69, 9.17) is 4.98 Å². The number of rotatable bonds is 6. The summed E-state index contributed by atoms with van der Waals surface area (Å²) in [4.78, 5) is 4.76. The Hall–Kier alpha value is -1.41. The molecule has 1 atom stereocenters. The minimum Gasteiger partial charge on any atom is -0.314 e. The molecule has 2 rings (SSSR count). The van der Waals surface area contributed by atoms with E-state index >= 15 is 0 Å². The van der Waals surface area contributed by atoms with E-state index in [1.54, 1.807) is 0 Å². The summed E-state index contributed by atoms with van der Waals surface area (Å²) in [5.74, 6) is 0. The molecular weight excluding hydrogens is 256 g/mol. The zero-order valence-corrected chi connectivity index (χ0v) is 13.8. The highest BCUT2D eigenvalue weighted by Crippen LogP contribution is 2.23. The van der Waals surface area contributed by atoms with Gasteiger partial charge in [-0.1, -0.05) is 52.0 Å². The molecule has 2 nitrogen and oxygen atoms in total. The fraction of sp³-hybridized carbons (Fsp3) is 0.526. The monoisotopic (exact) mass is 284 g/mol. The standard InChI is InChI=1S/C19H28N2/c1-5-20-18(19(2,3)4)12-8-10-16-14-13-15-9-6-7-11-17(15)21-16/h6-7,9,11,13-14,18,20H,5,8,10,12H2,1-4H3. The molecule has 2 heteroatoms. The quantitative estimate of drug-likeness (QED) is 0.839. The van der Waals surface area contributed by atoms with Crippen molar-refractivity contribution in [3.63, 3.8) is 0 Å². The van der Waals surface area contributed by atoms with Crippen molar-refractivity contribution in [3.05, 3.63) is 42.1 Å². The van der Waals surface area contributed by atoms with Crippen LogP contribution < -0.4 is 5.32 Å². The van der Waals surface area contributed by atoms with Crippen molar-refractivity contribution in [3.8, 4) is 0 Å². The lowest BCUT2D eigenvalue weighted by molar-refractivity contribution is 0.254. The van der Waals surface area contributed by atoms with E-state index in [1.807, 2.05) is 0 Å². The Balaban J connectivity index is 1.94. The van der Waals surface area contributed by atoms with Crippen molar-refractivity contribution < 1.29 is 0 Å². The number of hydrogen-bond donors (Lipinski definition) is 1. The highest BCUT2D eigenvalue weighted by Gasteiger charge is 2.22. The molecule has 1 N–H and O–H groups in total. The number of nitrogens with one attached hydrogen (secondary N) is 1. The van der Waals surface area contributed by atoms with Gasteiger partial charge in [0.05, 0.1) is 5.52 Å². The van der Waals surface area contributed by atoms with Crippen molar-refractivity contribution in [2.45, 2.75) is 53.0 Å². The Morgan fingerprint density at radius 2 is 1.86 bits per heavy atom. The Kier molecular flexibility index (Phi) is 5.35. The van der Waals surface area contributed by atoms with Gasteiger partial charge in [-0.25, -0.2) is 0 Å². The molecular formula is C19H28N2. The normalized spacial score (nSPS) is 13.5. The maximum absolute atomic E-state index is 4.76. The molecule has 2 aromatic rings. The first kappa shape index (κ1) is 16.0. The molecule has 21 heavy (non-hydrogen) atoms. The van der Waals surface area contributed by atoms with E-state index in [0.717, 1.165) is 18.5 Å². The first-order chi connectivity index (χ1) is 10.0. The lowest BCUT2D eigenvalue weighted by Gasteiger charge is -2.31. The SMILES string of the molecule is CCNC(CCCc1ccc2ccccc2n1)C(C)(C)C. The minimum absolute atomic E-state index is 0.312. The molecule has 1 aromatic carbocycles. The molecule has 0 saturated heterocycles. The summed E-state index contributed by atoms with van der Waals surface area (Å²) in [5.41, 5.74) is 2.62. The van der Waals surface area contributed by atoms with Gasteiger partial charge in [-0.2, -0.15) is 0 Å². The van der Waals surface area contributed by atoms with E-state index in [0.29, 0.717) is 11.5 Å². The fourth-order valence-electron chi connectivity index (χ4n) is 2.82. The molecule has 0 fully saturated rings. The average molecular weight is 284 g/mol. The third-order valence-electron chi connectivity index (χ3n) is 4.08. The van der Waals surface area contributed by atoms with Crippen LogP contribution in [0, 0.1) is 5.41 Å². The largest absolute Gasteiger partial charge is 0.314 e. The van der Waals surface area contributed by atoms with Gasteiger partial charge in [-0.15, -0.1) is 0 Å². The summed E-state index contributed by atoms with van der Waals surface area (Å²) in [6.07, 6.45) is 3.44. The van der Waals surface area contributed by atoms with Gasteiger partial charge in [0.25, 0.3) is 0 Å². The van der Waals surface area contributed by atoms with Gasteiger partial charge in [0.15, 0.2) is 0 Å². The van der Waals surface area contributed by atoms with Crippen LogP contribution in [0.3, 0.4) is 0 Å². The first-order valence-electron chi connectivity index (χ1n) is 8.09. The van der Waals surface area contributed by atoms with Crippen molar-refractivity contribution in [1.29, 1.82) is 0 Å². The number of benzene rings is 1. The van der Waals surface area contributed by atoms with Crippen LogP contribution in [0.1, 0.15) is 46.2 Å². The van der Waals surface area contributed by atoms with Crippen molar-refractivity contribution >= 4 is 10.9 Å². The number of fused-ring (bicyclic) bond motifs is 1. The van der Waals surface area contributed by atoms with Crippen LogP contribution in [0.4, 0.5) is 0 Å². The second kappa shape index (κ2) is 7.04. The number of hydrogen-bond acceptors (Lipinski definition) is 2. The number of aryl methyl sites for hydroxylation is 1. The molecule has 1 heterocycles. The predicted molar refractivity (Wildman–Crippen MR) is 91.6 cm³/mol. The summed E-state index contributed by atoms with van der Waals surface area (Å²) in [6.45, 7) is 10.2. The Morgan fingerprint density at radius 1 is 1.10 bits per heavy atom. The van der Waals surface area contributed by atoms with Gasteiger partial charge < -0.3 is 5.32 Å². The Morgan fingerprint density at radius 3 is 2.57 bits per heavy atom. The minimum atomic E-state index is 0.312. The average Bonchev–Trinajstić information content (AvgIpc) is 2.45. The summed E-state index contributed by atoms with van der Waals surface area (Å²) in [5, 5.41) is 4.84. The maximum Gasteiger partial charge on any atom is 0.0705 e. The third-order valence-corrected chi connectivity index (χ3v) is 4.08. The molecule has 0 aliphatic rings. The van der Waals surface area contributed by atoms with Gasteiger partial charge in [0, 0.05) is 17.1 Å². The Bertz CT molecular complexity index is 569. The number of nitrogens with zero attached hydrogens (tertiary/aromatic N) is 1. The van der Waals surface area contributed by atoms with Gasteiger partial charge in [0.1, 0.15) is 0 Å². The van der Waals surface area contributed by atoms with Crippen molar-refractivity contribution in [2.75, 3.05) is 6.54 Å². The van der Waals surface area contributed by atoms with E-state index in [1.165, 1.54) is 23.9 Å². The van der Waals surface area contributed by atoms with Crippen LogP contribution in [-0.2, 0) is 6.42 Å². The number of para-hydroxylation sites is 1. The summed E-state index contributed by atoms with van der Waals surface area (Å²) >= 11 is 0. The second-order valence-electron chi connectivity index (χ2n) is 6.86. The lowest BCUT2D eigenvalue weighted by atomic mass is 9.83. The van der Waals surface area contributed by atoms with Crippen molar-refractivity contribution in [1.82, 2.24) is 10.3 Å². The van der Waals surface area contributed by atoms with Gasteiger partial charge in [-0.05, 0) is 43.4 Å². The van der Waals surface area contributed by atoms with Gasteiger partial charge in [-0.3, -0.25) is 4.98 Å². The highest BCUT2D eigenvalue weighted by molar-refractivity contribution is 5.78. The third kappa shape index (κ3) is 4.53. The van der Waals surface area contributed by atoms with Gasteiger partial charge >= 0.3 is 0 Å². The summed E-state index contributed by atoms with van der Waals surface area (Å²) in [7, 11) is 0. The van der Waals surface area contributed by atoms with Crippen LogP contribution in [0.15, 0.2) is 36.4 Å². The molecule has 0 aliphatic carbocycles. The van der Waals surface area contributed by atoms with Crippen LogP contribution >= 0.6 is 0 Å². The van der Waals surface area contributed by atoms with Gasteiger partial charge in [0.2, 0.25) is 0 Å². The van der Waals surface area contributed by atoms with E-state index < -0.39 is 0 Å². The van der Waals surface area contributed by atoms with E-state index in [2.05, 4.69) is 69.4 Å². The summed E-state index contributed by atoms with van der Waals surface area (Å²) in [6, 6.07) is 13.3. The van der Waals surface area contributed by atoms with Crippen LogP contribution in [0.5, 0.6) is 0 Å². The topological polar surface area (TPSA) is 24.9 Å². The molecule has 0 aliphatic heterocycles. The van der Waals surface area contributed by atoms with Crippen LogP contribution in [0.2, 0.25) is 0 Å². The highest BCUT2D eigenvalue weighted by atomic mass is 14.9. The zero-order chi connectivity index (χ0) is 15.3. The molecule has 1 aromatic heterocycles.